The molecule has 4 rings (SSSR count). The molecule has 10 nitrogen and oxygen atoms in total. The second-order valence-electron chi connectivity index (χ2n) is 9.68. The van der Waals surface area contributed by atoms with Gasteiger partial charge in [-0.15, -0.1) is 0 Å². The van der Waals surface area contributed by atoms with Gasteiger partial charge in [-0.2, -0.15) is 0 Å². The van der Waals surface area contributed by atoms with E-state index in [2.05, 4.69) is 9.89 Å². The molecule has 0 N–H and O–H groups in total. The molecule has 0 unspecified atom stereocenters. The average Bonchev–Trinajstić information content (AvgIpc) is 3.23. The van der Waals surface area contributed by atoms with E-state index in [1.54, 1.807) is 26.0 Å². The van der Waals surface area contributed by atoms with Crippen molar-refractivity contribution < 1.29 is 19.2 Å². The highest BCUT2D eigenvalue weighted by molar-refractivity contribution is 7.07. The minimum Gasteiger partial charge on any atom is -0.491 e. The number of anilines is 1. The first-order valence-electron chi connectivity index (χ1n) is 13.6. The standard InChI is InChI=1S/C30H34N4O6S/c1-7-32(8-2)23-15-14-21(34(37)38)16-20(23)17-25-28(35)33-27(22-12-10-11-13-24(22)40-18(4)5)26(29(36)39-9-3)19(6)31-30(33)41-25/h10-18,27H,7-9H2,1-6H3/b25-17+/t27-/m1/s1. The molecule has 1 aromatic heterocycles. The summed E-state index contributed by atoms with van der Waals surface area (Å²) in [5, 5.41) is 11.6. The Morgan fingerprint density at radius 3 is 2.54 bits per heavy atom. The van der Waals surface area contributed by atoms with Crippen LogP contribution < -0.4 is 24.5 Å². The number of hydrogen-bond donors (Lipinski definition) is 0. The van der Waals surface area contributed by atoms with Gasteiger partial charge in [0.15, 0.2) is 4.80 Å². The van der Waals surface area contributed by atoms with E-state index >= 15 is 0 Å². The van der Waals surface area contributed by atoms with Crippen LogP contribution in [0.1, 0.15) is 58.7 Å². The average molecular weight is 579 g/mol. The van der Waals surface area contributed by atoms with Gasteiger partial charge in [0, 0.05) is 42.0 Å². The molecular formula is C30H34N4O6S. The van der Waals surface area contributed by atoms with Crippen LogP contribution in [-0.2, 0) is 9.53 Å². The number of fused-ring (bicyclic) bond motifs is 1. The molecule has 1 atom stereocenters. The molecule has 0 bridgehead atoms. The topological polar surface area (TPSA) is 116 Å². The van der Waals surface area contributed by atoms with E-state index < -0.39 is 16.9 Å². The van der Waals surface area contributed by atoms with E-state index in [1.165, 1.54) is 28.0 Å². The molecule has 3 aromatic rings. The van der Waals surface area contributed by atoms with Crippen molar-refractivity contribution in [3.8, 4) is 5.75 Å². The van der Waals surface area contributed by atoms with Crippen molar-refractivity contribution >= 4 is 34.8 Å². The highest BCUT2D eigenvalue weighted by Crippen LogP contribution is 2.36. The normalized spacial score (nSPS) is 15.0. The molecule has 0 radical (unpaired) electrons. The summed E-state index contributed by atoms with van der Waals surface area (Å²) in [5.41, 5.74) is 2.22. The molecular weight excluding hydrogens is 544 g/mol. The SMILES string of the molecule is CCOC(=O)C1=C(C)N=c2s/c(=C/c3cc([N+](=O)[O-])ccc3N(CC)CC)c(=O)n2[C@@H]1c1ccccc1OC(C)C. The van der Waals surface area contributed by atoms with Gasteiger partial charge in [0.2, 0.25) is 0 Å². The number of hydrogen-bond acceptors (Lipinski definition) is 9. The number of para-hydroxylation sites is 1. The maximum Gasteiger partial charge on any atom is 0.338 e. The summed E-state index contributed by atoms with van der Waals surface area (Å²) in [7, 11) is 0. The fraction of sp³-hybridized carbons (Fsp3) is 0.367. The zero-order valence-corrected chi connectivity index (χ0v) is 24.9. The van der Waals surface area contributed by atoms with Gasteiger partial charge in [-0.25, -0.2) is 9.79 Å². The maximum absolute atomic E-state index is 14.1. The Balaban J connectivity index is 2.02. The summed E-state index contributed by atoms with van der Waals surface area (Å²) in [6.45, 7) is 12.8. The van der Waals surface area contributed by atoms with Crippen molar-refractivity contribution in [1.29, 1.82) is 0 Å². The predicted molar refractivity (Wildman–Crippen MR) is 159 cm³/mol. The van der Waals surface area contributed by atoms with E-state index in [0.29, 0.717) is 45.0 Å². The molecule has 41 heavy (non-hydrogen) atoms. The highest BCUT2D eigenvalue weighted by atomic mass is 32.1. The minimum absolute atomic E-state index is 0.0713. The maximum atomic E-state index is 14.1. The number of rotatable bonds is 10. The van der Waals surface area contributed by atoms with Crippen LogP contribution >= 0.6 is 11.3 Å². The first-order chi connectivity index (χ1) is 19.6. The van der Waals surface area contributed by atoms with Gasteiger partial charge in [-0.1, -0.05) is 29.5 Å². The quantitative estimate of drug-likeness (QED) is 0.200. The number of nitro groups is 1. The van der Waals surface area contributed by atoms with Crippen LogP contribution in [0.3, 0.4) is 0 Å². The van der Waals surface area contributed by atoms with Crippen LogP contribution in [0.25, 0.3) is 6.08 Å². The fourth-order valence-corrected chi connectivity index (χ4v) is 5.96. The largest absolute Gasteiger partial charge is 0.491 e. The third kappa shape index (κ3) is 5.95. The second-order valence-corrected chi connectivity index (χ2v) is 10.7. The van der Waals surface area contributed by atoms with Gasteiger partial charge in [-0.3, -0.25) is 19.5 Å². The van der Waals surface area contributed by atoms with Crippen molar-refractivity contribution in [1.82, 2.24) is 4.57 Å². The molecule has 0 spiro atoms. The van der Waals surface area contributed by atoms with Gasteiger partial charge in [-0.05, 0) is 59.8 Å². The van der Waals surface area contributed by atoms with Crippen LogP contribution in [0, 0.1) is 10.1 Å². The van der Waals surface area contributed by atoms with E-state index in [4.69, 9.17) is 9.47 Å². The monoisotopic (exact) mass is 578 g/mol. The highest BCUT2D eigenvalue weighted by Gasteiger charge is 2.35. The Morgan fingerprint density at radius 2 is 1.90 bits per heavy atom. The second kappa shape index (κ2) is 12.5. The Kier molecular flexibility index (Phi) is 9.07. The molecule has 0 fully saturated rings. The molecule has 0 amide bonds. The first kappa shape index (κ1) is 29.7. The zero-order valence-electron chi connectivity index (χ0n) is 24.0. The number of nitrogens with zero attached hydrogens (tertiary/aromatic N) is 4. The van der Waals surface area contributed by atoms with Crippen LogP contribution in [0.2, 0.25) is 0 Å². The Bertz CT molecular complexity index is 1680. The number of non-ortho nitro benzene ring substituents is 1. The zero-order chi connectivity index (χ0) is 29.8. The molecule has 0 saturated heterocycles. The lowest BCUT2D eigenvalue weighted by Gasteiger charge is -2.26. The fourth-order valence-electron chi connectivity index (χ4n) is 4.92. The number of esters is 1. The van der Waals surface area contributed by atoms with E-state index in [9.17, 15) is 19.7 Å². The molecule has 0 saturated carbocycles. The summed E-state index contributed by atoms with van der Waals surface area (Å²) in [6.07, 6.45) is 1.53. The number of ether oxygens (including phenoxy) is 2. The van der Waals surface area contributed by atoms with Gasteiger partial charge in [0.25, 0.3) is 11.2 Å². The summed E-state index contributed by atoms with van der Waals surface area (Å²) >= 11 is 1.17. The molecule has 11 heteroatoms. The van der Waals surface area contributed by atoms with Gasteiger partial charge >= 0.3 is 5.97 Å². The van der Waals surface area contributed by atoms with Crippen LogP contribution in [0.4, 0.5) is 11.4 Å². The number of carbonyl (C=O) groups is 1. The molecule has 2 heterocycles. The Hall–Kier alpha value is -4.25. The lowest BCUT2D eigenvalue weighted by Crippen LogP contribution is -2.40. The lowest BCUT2D eigenvalue weighted by atomic mass is 9.95. The van der Waals surface area contributed by atoms with E-state index in [-0.39, 0.29) is 29.5 Å². The van der Waals surface area contributed by atoms with Crippen molar-refractivity contribution in [3.05, 3.63) is 94.7 Å². The summed E-state index contributed by atoms with van der Waals surface area (Å²) in [5.74, 6) is -0.0176. The van der Waals surface area contributed by atoms with Gasteiger partial charge < -0.3 is 14.4 Å². The van der Waals surface area contributed by atoms with Crippen LogP contribution in [0.15, 0.2) is 63.5 Å². The molecule has 1 aliphatic rings. The molecule has 216 valence electrons. The van der Waals surface area contributed by atoms with Gasteiger partial charge in [0.1, 0.15) is 11.8 Å². The van der Waals surface area contributed by atoms with Crippen molar-refractivity contribution in [3.63, 3.8) is 0 Å². The smallest absolute Gasteiger partial charge is 0.338 e. The number of thiazole rings is 1. The Labute approximate surface area is 242 Å². The van der Waals surface area contributed by atoms with Crippen molar-refractivity contribution in [2.24, 2.45) is 4.99 Å². The third-order valence-corrected chi connectivity index (χ3v) is 7.69. The summed E-state index contributed by atoms with van der Waals surface area (Å²) in [6, 6.07) is 11.1. The van der Waals surface area contributed by atoms with Gasteiger partial charge in [0.05, 0.1) is 33.4 Å². The van der Waals surface area contributed by atoms with Crippen LogP contribution in [0.5, 0.6) is 5.75 Å². The van der Waals surface area contributed by atoms with Crippen LogP contribution in [-0.4, -0.2) is 41.3 Å². The number of carbonyl (C=O) groups excluding carboxylic acids is 1. The van der Waals surface area contributed by atoms with E-state index in [0.717, 1.165) is 5.69 Å². The molecule has 1 aliphatic heterocycles. The predicted octanol–water partition coefficient (Wildman–Crippen LogP) is 4.34. The third-order valence-electron chi connectivity index (χ3n) is 6.71. The lowest BCUT2D eigenvalue weighted by molar-refractivity contribution is -0.384. The number of benzene rings is 2. The van der Waals surface area contributed by atoms with E-state index in [1.807, 2.05) is 52.0 Å². The first-order valence-corrected chi connectivity index (χ1v) is 14.4. The van der Waals surface area contributed by atoms with Crippen molar-refractivity contribution in [2.45, 2.75) is 53.7 Å². The van der Waals surface area contributed by atoms with Crippen molar-refractivity contribution in [2.75, 3.05) is 24.6 Å². The molecule has 2 aromatic carbocycles. The number of nitro benzene ring substituents is 1. The molecule has 0 aliphatic carbocycles. The number of allylic oxidation sites excluding steroid dienone is 1. The summed E-state index contributed by atoms with van der Waals surface area (Å²) < 4.78 is 13.3. The Morgan fingerprint density at radius 1 is 1.20 bits per heavy atom. The number of aromatic nitrogens is 1. The minimum atomic E-state index is -0.838. The summed E-state index contributed by atoms with van der Waals surface area (Å²) in [4.78, 5) is 45.6.